The van der Waals surface area contributed by atoms with Gasteiger partial charge in [-0.3, -0.25) is 4.79 Å². The number of hydrogen-bond acceptors (Lipinski definition) is 2. The fourth-order valence-corrected chi connectivity index (χ4v) is 2.12. The predicted molar refractivity (Wildman–Crippen MR) is 62.8 cm³/mol. The number of nitrogens with one attached hydrogen (secondary N) is 1. The lowest BCUT2D eigenvalue weighted by Crippen LogP contribution is -2.42. The molecule has 0 aromatic rings. The van der Waals surface area contributed by atoms with Gasteiger partial charge in [0.15, 0.2) is 0 Å². The number of carbonyl (C=O) groups excluding carboxylic acids is 1. The fourth-order valence-electron chi connectivity index (χ4n) is 2.12. The van der Waals surface area contributed by atoms with Crippen molar-refractivity contribution in [1.29, 1.82) is 0 Å². The largest absolute Gasteiger partial charge is 0.344 e. The summed E-state index contributed by atoms with van der Waals surface area (Å²) < 4.78 is 0. The van der Waals surface area contributed by atoms with Crippen molar-refractivity contribution in [1.82, 2.24) is 10.2 Å². The molecular weight excluding hydrogens is 188 g/mol. The Labute approximate surface area is 93.2 Å². The van der Waals surface area contributed by atoms with Crippen LogP contribution in [0.3, 0.4) is 0 Å². The summed E-state index contributed by atoms with van der Waals surface area (Å²) in [7, 11) is 1.89. The van der Waals surface area contributed by atoms with E-state index in [0.717, 1.165) is 19.4 Å². The lowest BCUT2D eigenvalue weighted by molar-refractivity contribution is -0.128. The summed E-state index contributed by atoms with van der Waals surface area (Å²) in [5, 5.41) is 3.49. The van der Waals surface area contributed by atoms with Gasteiger partial charge in [0.05, 0.1) is 6.04 Å². The second-order valence-corrected chi connectivity index (χ2v) is 4.52. The van der Waals surface area contributed by atoms with Crippen LogP contribution in [0.5, 0.6) is 0 Å². The molecule has 2 unspecified atom stereocenters. The molecule has 15 heavy (non-hydrogen) atoms. The number of hydrogen-bond donors (Lipinski definition) is 1. The van der Waals surface area contributed by atoms with E-state index in [1.54, 1.807) is 0 Å². The molecule has 1 N–H and O–H groups in total. The third kappa shape index (κ3) is 3.49. The van der Waals surface area contributed by atoms with Gasteiger partial charge in [-0.1, -0.05) is 26.7 Å². The van der Waals surface area contributed by atoms with Crippen LogP contribution in [0.15, 0.2) is 0 Å². The van der Waals surface area contributed by atoms with Crippen LogP contribution in [0.2, 0.25) is 0 Å². The van der Waals surface area contributed by atoms with Gasteiger partial charge >= 0.3 is 0 Å². The van der Waals surface area contributed by atoms with Gasteiger partial charge in [-0.05, 0) is 19.3 Å². The lowest BCUT2D eigenvalue weighted by atomic mass is 10.1. The Balaban J connectivity index is 2.35. The highest BCUT2D eigenvalue weighted by molar-refractivity contribution is 5.83. The van der Waals surface area contributed by atoms with Crippen molar-refractivity contribution in [2.45, 2.75) is 58.0 Å². The van der Waals surface area contributed by atoms with E-state index in [9.17, 15) is 4.79 Å². The quantitative estimate of drug-likeness (QED) is 0.728. The molecule has 1 rings (SSSR count). The number of likely N-dealkylation sites (tertiary alicyclic amines) is 1. The average Bonchev–Trinajstić information content (AvgIpc) is 2.55. The van der Waals surface area contributed by atoms with Crippen molar-refractivity contribution in [3.05, 3.63) is 0 Å². The van der Waals surface area contributed by atoms with E-state index in [-0.39, 0.29) is 11.9 Å². The van der Waals surface area contributed by atoms with E-state index in [0.29, 0.717) is 6.04 Å². The highest BCUT2D eigenvalue weighted by Gasteiger charge is 2.29. The summed E-state index contributed by atoms with van der Waals surface area (Å²) in [5.74, 6) is 0.268. The van der Waals surface area contributed by atoms with E-state index >= 15 is 0 Å². The normalized spacial score (nSPS) is 23.5. The van der Waals surface area contributed by atoms with Crippen LogP contribution in [-0.4, -0.2) is 36.5 Å². The third-order valence-corrected chi connectivity index (χ3v) is 3.26. The Hall–Kier alpha value is -0.570. The van der Waals surface area contributed by atoms with Crippen molar-refractivity contribution in [3.8, 4) is 0 Å². The minimum absolute atomic E-state index is 0.0804. The molecule has 0 bridgehead atoms. The molecule has 1 aliphatic rings. The number of rotatable bonds is 6. The van der Waals surface area contributed by atoms with Gasteiger partial charge in [0.25, 0.3) is 0 Å². The molecule has 0 radical (unpaired) electrons. The summed E-state index contributed by atoms with van der Waals surface area (Å²) in [5.41, 5.74) is 0. The lowest BCUT2D eigenvalue weighted by Gasteiger charge is -2.20. The molecule has 0 aromatic heterocycles. The monoisotopic (exact) mass is 212 g/mol. The maximum absolute atomic E-state index is 11.7. The number of carbonyl (C=O) groups is 1. The average molecular weight is 212 g/mol. The molecule has 1 heterocycles. The van der Waals surface area contributed by atoms with E-state index in [4.69, 9.17) is 0 Å². The minimum atomic E-state index is 0.0804. The van der Waals surface area contributed by atoms with Crippen LogP contribution < -0.4 is 5.32 Å². The first-order valence-electron chi connectivity index (χ1n) is 6.20. The molecule has 1 amide bonds. The SMILES string of the molecule is CCCCC(CC)NC1CCN(C)C1=O. The summed E-state index contributed by atoms with van der Waals surface area (Å²) in [6.45, 7) is 5.30. The van der Waals surface area contributed by atoms with Crippen molar-refractivity contribution in [2.75, 3.05) is 13.6 Å². The highest BCUT2D eigenvalue weighted by atomic mass is 16.2. The van der Waals surface area contributed by atoms with Gasteiger partial charge in [-0.15, -0.1) is 0 Å². The van der Waals surface area contributed by atoms with Crippen LogP contribution in [0.1, 0.15) is 46.0 Å². The van der Waals surface area contributed by atoms with E-state index < -0.39 is 0 Å². The predicted octanol–water partition coefficient (Wildman–Crippen LogP) is 1.78. The summed E-state index contributed by atoms with van der Waals surface area (Å²) in [6, 6.07) is 0.599. The van der Waals surface area contributed by atoms with Crippen molar-refractivity contribution in [3.63, 3.8) is 0 Å². The van der Waals surface area contributed by atoms with Gasteiger partial charge in [0.2, 0.25) is 5.91 Å². The van der Waals surface area contributed by atoms with Gasteiger partial charge < -0.3 is 10.2 Å². The van der Waals surface area contributed by atoms with Gasteiger partial charge in [0.1, 0.15) is 0 Å². The molecule has 2 atom stereocenters. The van der Waals surface area contributed by atoms with Crippen LogP contribution >= 0.6 is 0 Å². The Kier molecular flexibility index (Phi) is 5.09. The standard InChI is InChI=1S/C12H24N2O/c1-4-6-7-10(5-2)13-11-8-9-14(3)12(11)15/h10-11,13H,4-9H2,1-3H3. The molecular formula is C12H24N2O. The molecule has 0 spiro atoms. The number of unbranched alkanes of at least 4 members (excludes halogenated alkanes) is 1. The first kappa shape index (κ1) is 12.5. The van der Waals surface area contributed by atoms with E-state index in [1.807, 2.05) is 11.9 Å². The Morgan fingerprint density at radius 1 is 1.53 bits per heavy atom. The number of nitrogens with zero attached hydrogens (tertiary/aromatic N) is 1. The molecule has 1 saturated heterocycles. The molecule has 88 valence electrons. The molecule has 0 aromatic carbocycles. The maximum atomic E-state index is 11.7. The van der Waals surface area contributed by atoms with E-state index in [2.05, 4.69) is 19.2 Å². The van der Waals surface area contributed by atoms with Crippen molar-refractivity contribution >= 4 is 5.91 Å². The molecule has 0 saturated carbocycles. The van der Waals surface area contributed by atoms with Gasteiger partial charge in [-0.25, -0.2) is 0 Å². The highest BCUT2D eigenvalue weighted by Crippen LogP contribution is 2.12. The van der Waals surface area contributed by atoms with Crippen LogP contribution in [-0.2, 0) is 4.79 Å². The molecule has 1 fully saturated rings. The second-order valence-electron chi connectivity index (χ2n) is 4.52. The smallest absolute Gasteiger partial charge is 0.239 e. The summed E-state index contributed by atoms with van der Waals surface area (Å²) in [6.07, 6.45) is 5.77. The van der Waals surface area contributed by atoms with Crippen LogP contribution in [0, 0.1) is 0 Å². The fraction of sp³-hybridized carbons (Fsp3) is 0.917. The first-order chi connectivity index (χ1) is 7.19. The van der Waals surface area contributed by atoms with Crippen LogP contribution in [0.25, 0.3) is 0 Å². The van der Waals surface area contributed by atoms with Crippen molar-refractivity contribution < 1.29 is 4.79 Å². The Bertz CT molecular complexity index is 206. The number of amides is 1. The minimum Gasteiger partial charge on any atom is -0.344 e. The van der Waals surface area contributed by atoms with Gasteiger partial charge in [-0.2, -0.15) is 0 Å². The van der Waals surface area contributed by atoms with Gasteiger partial charge in [0, 0.05) is 19.6 Å². The molecule has 0 aliphatic carbocycles. The molecule has 3 heteroatoms. The maximum Gasteiger partial charge on any atom is 0.239 e. The summed E-state index contributed by atoms with van der Waals surface area (Å²) >= 11 is 0. The van der Waals surface area contributed by atoms with Crippen molar-refractivity contribution in [2.24, 2.45) is 0 Å². The van der Waals surface area contributed by atoms with Crippen LogP contribution in [0.4, 0.5) is 0 Å². The number of likely N-dealkylation sites (N-methyl/N-ethyl adjacent to an activating group) is 1. The third-order valence-electron chi connectivity index (χ3n) is 3.26. The molecule has 3 nitrogen and oxygen atoms in total. The summed E-state index contributed by atoms with van der Waals surface area (Å²) in [4.78, 5) is 13.5. The van der Waals surface area contributed by atoms with E-state index in [1.165, 1.54) is 19.3 Å². The zero-order valence-electron chi connectivity index (χ0n) is 10.3. The Morgan fingerprint density at radius 3 is 2.73 bits per heavy atom. The first-order valence-corrected chi connectivity index (χ1v) is 6.20. The zero-order valence-corrected chi connectivity index (χ0v) is 10.3. The topological polar surface area (TPSA) is 32.3 Å². The molecule has 1 aliphatic heterocycles. The zero-order chi connectivity index (χ0) is 11.3. The Morgan fingerprint density at radius 2 is 2.27 bits per heavy atom. The second kappa shape index (κ2) is 6.11.